The lowest BCUT2D eigenvalue weighted by atomic mass is 9.73. The van der Waals surface area contributed by atoms with E-state index in [0.717, 1.165) is 16.7 Å². The van der Waals surface area contributed by atoms with E-state index >= 15 is 0 Å². The van der Waals surface area contributed by atoms with Crippen molar-refractivity contribution in [2.45, 2.75) is 24.9 Å². The normalized spacial score (nSPS) is 22.3. The second-order valence-electron chi connectivity index (χ2n) is 8.56. The zero-order valence-corrected chi connectivity index (χ0v) is 17.9. The predicted molar refractivity (Wildman–Crippen MR) is 121 cm³/mol. The monoisotopic (exact) mass is 427 g/mol. The molecule has 162 valence electrons. The predicted octanol–water partition coefficient (Wildman–Crippen LogP) is 2.87. The maximum absolute atomic E-state index is 12.9. The summed E-state index contributed by atoms with van der Waals surface area (Å²) in [6, 6.07) is 19.7. The molecule has 1 N–H and O–H groups in total. The fourth-order valence-corrected chi connectivity index (χ4v) is 5.05. The summed E-state index contributed by atoms with van der Waals surface area (Å²) in [5.74, 6) is -0.322. The summed E-state index contributed by atoms with van der Waals surface area (Å²) in [7, 11) is 0. The maximum Gasteiger partial charge on any atom is 0.255 e. The minimum atomic E-state index is -0.257. The summed E-state index contributed by atoms with van der Waals surface area (Å²) in [5, 5.41) is 10.0. The van der Waals surface area contributed by atoms with Gasteiger partial charge in [-0.2, -0.15) is 0 Å². The minimum Gasteiger partial charge on any atom is -0.394 e. The first-order valence-corrected chi connectivity index (χ1v) is 10.8. The molecule has 0 bridgehead atoms. The van der Waals surface area contributed by atoms with Crippen LogP contribution in [0.2, 0.25) is 0 Å². The Morgan fingerprint density at radius 2 is 1.91 bits per heavy atom. The van der Waals surface area contributed by atoms with Crippen molar-refractivity contribution in [1.29, 1.82) is 0 Å². The van der Waals surface area contributed by atoms with Crippen molar-refractivity contribution in [3.63, 3.8) is 0 Å². The first kappa shape index (κ1) is 20.4. The third-order valence-corrected chi connectivity index (χ3v) is 6.59. The van der Waals surface area contributed by atoms with Crippen molar-refractivity contribution in [2.24, 2.45) is 0 Å². The van der Waals surface area contributed by atoms with Gasteiger partial charge < -0.3 is 14.9 Å². The molecule has 3 heterocycles. The SMILES string of the molecule is Cc1cccc(-c2ccc([C@@H]3[C@@H](CO)N4C(=O)CN(C(=O)c5cccnc5)C[C@H]34)cc2)c1. The van der Waals surface area contributed by atoms with Crippen molar-refractivity contribution < 1.29 is 14.7 Å². The van der Waals surface area contributed by atoms with Crippen LogP contribution < -0.4 is 0 Å². The summed E-state index contributed by atoms with van der Waals surface area (Å²) in [6.07, 6.45) is 3.14. The quantitative estimate of drug-likeness (QED) is 0.695. The Balaban J connectivity index is 1.39. The molecule has 0 radical (unpaired) electrons. The van der Waals surface area contributed by atoms with E-state index in [1.165, 1.54) is 11.8 Å². The molecule has 3 atom stereocenters. The van der Waals surface area contributed by atoms with Gasteiger partial charge in [0, 0.05) is 24.9 Å². The Bertz CT molecular complexity index is 1150. The highest BCUT2D eigenvalue weighted by Crippen LogP contribution is 2.43. The van der Waals surface area contributed by atoms with Gasteiger partial charge >= 0.3 is 0 Å². The van der Waals surface area contributed by atoms with Gasteiger partial charge in [-0.1, -0.05) is 54.1 Å². The van der Waals surface area contributed by atoms with E-state index in [1.807, 2.05) is 6.07 Å². The average molecular weight is 428 g/mol. The van der Waals surface area contributed by atoms with Crippen LogP contribution in [0.4, 0.5) is 0 Å². The lowest BCUT2D eigenvalue weighted by molar-refractivity contribution is -0.159. The minimum absolute atomic E-state index is 0.0139. The molecule has 3 aromatic rings. The number of rotatable bonds is 4. The molecule has 2 aliphatic rings. The number of hydrogen-bond acceptors (Lipinski definition) is 4. The lowest BCUT2D eigenvalue weighted by Gasteiger charge is -2.58. The van der Waals surface area contributed by atoms with Gasteiger partial charge in [-0.05, 0) is 35.7 Å². The molecular weight excluding hydrogens is 402 g/mol. The number of aryl methyl sites for hydroxylation is 1. The number of carbonyl (C=O) groups is 2. The number of aliphatic hydroxyl groups excluding tert-OH is 1. The third-order valence-electron chi connectivity index (χ3n) is 6.59. The highest BCUT2D eigenvalue weighted by molar-refractivity contribution is 5.97. The van der Waals surface area contributed by atoms with Crippen LogP contribution in [0, 0.1) is 6.92 Å². The van der Waals surface area contributed by atoms with Gasteiger partial charge in [-0.3, -0.25) is 14.6 Å². The topological polar surface area (TPSA) is 73.7 Å². The standard InChI is InChI=1S/C26H25N3O3/c1-17-4-2-5-20(12-17)18-7-9-19(10-8-18)25-22-14-28(15-24(31)29(22)23(25)16-30)26(32)21-6-3-11-27-13-21/h2-13,22-23,25,30H,14-16H2,1H3/t22-,23-,25+/m1/s1. The van der Waals surface area contributed by atoms with E-state index in [9.17, 15) is 14.7 Å². The van der Waals surface area contributed by atoms with Crippen LogP contribution >= 0.6 is 0 Å². The Labute approximate surface area is 187 Å². The van der Waals surface area contributed by atoms with Gasteiger partial charge in [0.1, 0.15) is 6.54 Å². The molecule has 0 aliphatic carbocycles. The van der Waals surface area contributed by atoms with Gasteiger partial charge in [0.05, 0.1) is 24.3 Å². The third kappa shape index (κ3) is 3.46. The number of aliphatic hydroxyl groups is 1. The molecule has 2 aliphatic heterocycles. The molecule has 2 fully saturated rings. The molecule has 0 unspecified atom stereocenters. The average Bonchev–Trinajstić information content (AvgIpc) is 2.81. The van der Waals surface area contributed by atoms with E-state index < -0.39 is 0 Å². The molecule has 1 aromatic heterocycles. The van der Waals surface area contributed by atoms with Crippen LogP contribution in [0.5, 0.6) is 0 Å². The van der Waals surface area contributed by atoms with Crippen LogP contribution in [0.25, 0.3) is 11.1 Å². The van der Waals surface area contributed by atoms with E-state index in [4.69, 9.17) is 0 Å². The molecular formula is C26H25N3O3. The number of aromatic nitrogens is 1. The van der Waals surface area contributed by atoms with E-state index in [0.29, 0.717) is 12.1 Å². The second kappa shape index (κ2) is 8.20. The summed E-state index contributed by atoms with van der Waals surface area (Å²) in [4.78, 5) is 33.1. The maximum atomic E-state index is 12.9. The van der Waals surface area contributed by atoms with Gasteiger partial charge in [-0.15, -0.1) is 0 Å². The zero-order chi connectivity index (χ0) is 22.2. The Kier molecular flexibility index (Phi) is 5.23. The number of piperazine rings is 1. The summed E-state index contributed by atoms with van der Waals surface area (Å²) in [6.45, 7) is 2.45. The largest absolute Gasteiger partial charge is 0.394 e. The van der Waals surface area contributed by atoms with Gasteiger partial charge in [-0.25, -0.2) is 0 Å². The number of carbonyl (C=O) groups excluding carboxylic acids is 2. The summed E-state index contributed by atoms with van der Waals surface area (Å²) in [5.41, 5.74) is 5.05. The molecule has 0 spiro atoms. The summed E-state index contributed by atoms with van der Waals surface area (Å²) >= 11 is 0. The first-order chi connectivity index (χ1) is 15.6. The van der Waals surface area contributed by atoms with Crippen molar-refractivity contribution in [1.82, 2.24) is 14.8 Å². The van der Waals surface area contributed by atoms with Crippen LogP contribution in [0.1, 0.15) is 27.4 Å². The van der Waals surface area contributed by atoms with Crippen LogP contribution in [-0.4, -0.2) is 63.5 Å². The van der Waals surface area contributed by atoms with Crippen molar-refractivity contribution in [3.05, 3.63) is 89.7 Å². The Morgan fingerprint density at radius 3 is 2.59 bits per heavy atom. The van der Waals surface area contributed by atoms with Crippen molar-refractivity contribution >= 4 is 11.8 Å². The van der Waals surface area contributed by atoms with Gasteiger partial charge in [0.25, 0.3) is 5.91 Å². The molecule has 2 amide bonds. The first-order valence-electron chi connectivity index (χ1n) is 10.8. The number of fused-ring (bicyclic) bond motifs is 1. The van der Waals surface area contributed by atoms with Gasteiger partial charge in [0.15, 0.2) is 0 Å². The van der Waals surface area contributed by atoms with E-state index in [2.05, 4.69) is 54.4 Å². The van der Waals surface area contributed by atoms with Crippen molar-refractivity contribution in [2.75, 3.05) is 19.7 Å². The van der Waals surface area contributed by atoms with Crippen LogP contribution in [0.3, 0.4) is 0 Å². The second-order valence-corrected chi connectivity index (χ2v) is 8.56. The molecule has 6 heteroatoms. The summed E-state index contributed by atoms with van der Waals surface area (Å²) < 4.78 is 0. The number of pyridine rings is 1. The highest BCUT2D eigenvalue weighted by Gasteiger charge is 2.54. The number of benzene rings is 2. The fraction of sp³-hybridized carbons (Fsp3) is 0.269. The van der Waals surface area contributed by atoms with Crippen LogP contribution in [0.15, 0.2) is 73.1 Å². The fourth-order valence-electron chi connectivity index (χ4n) is 5.05. The zero-order valence-electron chi connectivity index (χ0n) is 17.9. The van der Waals surface area contributed by atoms with Gasteiger partial charge in [0.2, 0.25) is 5.91 Å². The number of amides is 2. The van der Waals surface area contributed by atoms with E-state index in [-0.39, 0.29) is 43.0 Å². The van der Waals surface area contributed by atoms with Crippen molar-refractivity contribution in [3.8, 4) is 11.1 Å². The molecule has 0 saturated carbocycles. The van der Waals surface area contributed by atoms with Crippen LogP contribution in [-0.2, 0) is 4.79 Å². The number of hydrogen-bond donors (Lipinski definition) is 1. The molecule has 6 nitrogen and oxygen atoms in total. The molecule has 2 saturated heterocycles. The number of nitrogens with zero attached hydrogens (tertiary/aromatic N) is 3. The smallest absolute Gasteiger partial charge is 0.255 e. The molecule has 32 heavy (non-hydrogen) atoms. The molecule has 2 aromatic carbocycles. The molecule has 5 rings (SSSR count). The Hall–Kier alpha value is -3.51. The Morgan fingerprint density at radius 1 is 1.09 bits per heavy atom. The lowest BCUT2D eigenvalue weighted by Crippen LogP contribution is -2.73. The van der Waals surface area contributed by atoms with E-state index in [1.54, 1.807) is 28.1 Å². The highest BCUT2D eigenvalue weighted by atomic mass is 16.3.